The zero-order valence-corrected chi connectivity index (χ0v) is 11.5. The van der Waals surface area contributed by atoms with Crippen LogP contribution >= 0.6 is 0 Å². The maximum atomic E-state index is 12.1. The van der Waals surface area contributed by atoms with E-state index in [1.807, 2.05) is 11.9 Å². The van der Waals surface area contributed by atoms with Crippen molar-refractivity contribution in [2.75, 3.05) is 26.7 Å². The van der Waals surface area contributed by atoms with Gasteiger partial charge in [0.2, 0.25) is 5.91 Å². The summed E-state index contributed by atoms with van der Waals surface area (Å²) in [5, 5.41) is 13.6. The molecule has 1 heterocycles. The molecule has 0 spiro atoms. The predicted molar refractivity (Wildman–Crippen MR) is 71.3 cm³/mol. The lowest BCUT2D eigenvalue weighted by atomic mass is 9.71. The molecule has 2 aliphatic rings. The SMILES string of the molecule is CNCCCC(=O)N1CCC2(O)CCCCC2C1. The van der Waals surface area contributed by atoms with E-state index in [-0.39, 0.29) is 5.91 Å². The minimum atomic E-state index is -0.472. The first kappa shape index (κ1) is 13.8. The highest BCUT2D eigenvalue weighted by molar-refractivity contribution is 5.76. The van der Waals surface area contributed by atoms with Crippen LogP contribution in [0, 0.1) is 5.92 Å². The fourth-order valence-corrected chi connectivity index (χ4v) is 3.37. The lowest BCUT2D eigenvalue weighted by Crippen LogP contribution is -2.54. The molecule has 18 heavy (non-hydrogen) atoms. The van der Waals surface area contributed by atoms with E-state index in [0.717, 1.165) is 51.7 Å². The average Bonchev–Trinajstić information content (AvgIpc) is 2.37. The topological polar surface area (TPSA) is 52.6 Å². The molecule has 0 aromatic carbocycles. The van der Waals surface area contributed by atoms with Crippen LogP contribution in [-0.2, 0) is 4.79 Å². The van der Waals surface area contributed by atoms with E-state index in [2.05, 4.69) is 5.32 Å². The highest BCUT2D eigenvalue weighted by Gasteiger charge is 2.43. The summed E-state index contributed by atoms with van der Waals surface area (Å²) >= 11 is 0. The molecule has 2 N–H and O–H groups in total. The van der Waals surface area contributed by atoms with Crippen molar-refractivity contribution in [3.63, 3.8) is 0 Å². The van der Waals surface area contributed by atoms with E-state index in [1.54, 1.807) is 0 Å². The third-order valence-electron chi connectivity index (χ3n) is 4.60. The highest BCUT2D eigenvalue weighted by atomic mass is 16.3. The number of likely N-dealkylation sites (tertiary alicyclic amines) is 1. The van der Waals surface area contributed by atoms with E-state index in [9.17, 15) is 9.90 Å². The summed E-state index contributed by atoms with van der Waals surface area (Å²) in [6, 6.07) is 0. The molecule has 1 saturated heterocycles. The molecule has 2 rings (SSSR count). The Bertz CT molecular complexity index is 296. The Kier molecular flexibility index (Phi) is 4.62. The average molecular weight is 254 g/mol. The van der Waals surface area contributed by atoms with Gasteiger partial charge >= 0.3 is 0 Å². The lowest BCUT2D eigenvalue weighted by molar-refractivity contribution is -0.143. The number of hydrogen-bond donors (Lipinski definition) is 2. The number of nitrogens with one attached hydrogen (secondary N) is 1. The molecular formula is C14H26N2O2. The third-order valence-corrected chi connectivity index (χ3v) is 4.60. The molecule has 2 fully saturated rings. The predicted octanol–water partition coefficient (Wildman–Crippen LogP) is 1.14. The number of amides is 1. The molecule has 4 heteroatoms. The summed E-state index contributed by atoms with van der Waals surface area (Å²) in [6.07, 6.45) is 6.66. The van der Waals surface area contributed by atoms with Gasteiger partial charge in [-0.05, 0) is 39.3 Å². The van der Waals surface area contributed by atoms with Crippen LogP contribution in [0.4, 0.5) is 0 Å². The molecular weight excluding hydrogens is 228 g/mol. The normalized spacial score (nSPS) is 32.1. The Morgan fingerprint density at radius 3 is 3.06 bits per heavy atom. The van der Waals surface area contributed by atoms with Crippen LogP contribution in [0.2, 0.25) is 0 Å². The number of fused-ring (bicyclic) bond motifs is 1. The number of aliphatic hydroxyl groups is 1. The molecule has 2 unspecified atom stereocenters. The van der Waals surface area contributed by atoms with Gasteiger partial charge in [-0.1, -0.05) is 12.8 Å². The molecule has 0 aromatic heterocycles. The van der Waals surface area contributed by atoms with E-state index in [1.165, 1.54) is 6.42 Å². The number of carbonyl (C=O) groups excluding carboxylic acids is 1. The Morgan fingerprint density at radius 1 is 1.44 bits per heavy atom. The summed E-state index contributed by atoms with van der Waals surface area (Å²) in [4.78, 5) is 14.0. The first-order valence-electron chi connectivity index (χ1n) is 7.30. The molecule has 104 valence electrons. The molecule has 1 saturated carbocycles. The van der Waals surface area contributed by atoms with Crippen molar-refractivity contribution < 1.29 is 9.90 Å². The number of carbonyl (C=O) groups is 1. The number of hydrogen-bond acceptors (Lipinski definition) is 3. The van der Waals surface area contributed by atoms with Gasteiger partial charge in [-0.2, -0.15) is 0 Å². The van der Waals surface area contributed by atoms with Crippen molar-refractivity contribution in [2.45, 2.75) is 50.5 Å². The molecule has 1 aliphatic carbocycles. The van der Waals surface area contributed by atoms with E-state index >= 15 is 0 Å². The van der Waals surface area contributed by atoms with Gasteiger partial charge in [0, 0.05) is 25.4 Å². The zero-order chi connectivity index (χ0) is 13.0. The Balaban J connectivity index is 1.84. The fraction of sp³-hybridized carbons (Fsp3) is 0.929. The minimum absolute atomic E-state index is 0.262. The maximum Gasteiger partial charge on any atom is 0.222 e. The van der Waals surface area contributed by atoms with Crippen LogP contribution in [0.25, 0.3) is 0 Å². The first-order chi connectivity index (χ1) is 8.65. The van der Waals surface area contributed by atoms with Gasteiger partial charge in [-0.3, -0.25) is 4.79 Å². The van der Waals surface area contributed by atoms with E-state index in [0.29, 0.717) is 12.3 Å². The molecule has 1 amide bonds. The second-order valence-electron chi connectivity index (χ2n) is 5.84. The highest BCUT2D eigenvalue weighted by Crippen LogP contribution is 2.39. The quantitative estimate of drug-likeness (QED) is 0.740. The second kappa shape index (κ2) is 6.02. The van der Waals surface area contributed by atoms with Crippen molar-refractivity contribution in [2.24, 2.45) is 5.92 Å². The zero-order valence-electron chi connectivity index (χ0n) is 11.5. The number of piperidine rings is 1. The van der Waals surface area contributed by atoms with Gasteiger partial charge in [0.05, 0.1) is 5.60 Å². The molecule has 4 nitrogen and oxygen atoms in total. The van der Waals surface area contributed by atoms with Crippen LogP contribution in [0.15, 0.2) is 0 Å². The maximum absolute atomic E-state index is 12.1. The smallest absolute Gasteiger partial charge is 0.222 e. The Morgan fingerprint density at radius 2 is 2.28 bits per heavy atom. The van der Waals surface area contributed by atoms with Crippen molar-refractivity contribution in [3.8, 4) is 0 Å². The Labute approximate surface area is 110 Å². The molecule has 1 aliphatic heterocycles. The van der Waals surface area contributed by atoms with E-state index in [4.69, 9.17) is 0 Å². The van der Waals surface area contributed by atoms with Crippen LogP contribution in [-0.4, -0.2) is 48.2 Å². The van der Waals surface area contributed by atoms with Crippen molar-refractivity contribution in [1.29, 1.82) is 0 Å². The van der Waals surface area contributed by atoms with Gasteiger partial charge in [0.1, 0.15) is 0 Å². The Hall–Kier alpha value is -0.610. The van der Waals surface area contributed by atoms with Crippen LogP contribution in [0.1, 0.15) is 44.9 Å². The van der Waals surface area contributed by atoms with Gasteiger partial charge < -0.3 is 15.3 Å². The summed E-state index contributed by atoms with van der Waals surface area (Å²) in [5.41, 5.74) is -0.472. The molecule has 2 atom stereocenters. The standard InChI is InChI=1S/C14H26N2O2/c1-15-9-4-6-13(17)16-10-8-14(18)7-3-2-5-12(14)11-16/h12,15,18H,2-11H2,1H3. The molecule has 0 bridgehead atoms. The van der Waals surface area contributed by atoms with Crippen molar-refractivity contribution in [3.05, 3.63) is 0 Å². The minimum Gasteiger partial charge on any atom is -0.389 e. The van der Waals surface area contributed by atoms with Gasteiger partial charge in [0.15, 0.2) is 0 Å². The summed E-state index contributed by atoms with van der Waals surface area (Å²) < 4.78 is 0. The van der Waals surface area contributed by atoms with Gasteiger partial charge in [-0.25, -0.2) is 0 Å². The second-order valence-corrected chi connectivity index (χ2v) is 5.84. The first-order valence-corrected chi connectivity index (χ1v) is 7.30. The van der Waals surface area contributed by atoms with Gasteiger partial charge in [0.25, 0.3) is 0 Å². The van der Waals surface area contributed by atoms with Crippen molar-refractivity contribution >= 4 is 5.91 Å². The summed E-state index contributed by atoms with van der Waals surface area (Å²) in [6.45, 7) is 2.41. The largest absolute Gasteiger partial charge is 0.389 e. The monoisotopic (exact) mass is 254 g/mol. The summed E-state index contributed by atoms with van der Waals surface area (Å²) in [5.74, 6) is 0.575. The number of nitrogens with zero attached hydrogens (tertiary/aromatic N) is 1. The fourth-order valence-electron chi connectivity index (χ4n) is 3.37. The van der Waals surface area contributed by atoms with E-state index < -0.39 is 5.60 Å². The van der Waals surface area contributed by atoms with Crippen LogP contribution in [0.5, 0.6) is 0 Å². The lowest BCUT2D eigenvalue weighted by Gasteiger charge is -2.47. The number of rotatable bonds is 4. The molecule has 0 aromatic rings. The summed E-state index contributed by atoms with van der Waals surface area (Å²) in [7, 11) is 1.91. The third kappa shape index (κ3) is 3.04. The van der Waals surface area contributed by atoms with Crippen molar-refractivity contribution in [1.82, 2.24) is 10.2 Å². The van der Waals surface area contributed by atoms with Crippen LogP contribution < -0.4 is 5.32 Å². The van der Waals surface area contributed by atoms with Gasteiger partial charge in [-0.15, -0.1) is 0 Å². The van der Waals surface area contributed by atoms with Crippen LogP contribution in [0.3, 0.4) is 0 Å². The molecule has 0 radical (unpaired) electrons.